The Kier molecular flexibility index (Phi) is 4.66. The molecule has 2 aromatic heterocycles. The Morgan fingerprint density at radius 1 is 1.27 bits per heavy atom. The largest absolute Gasteiger partial charge is 0.481 e. The average Bonchev–Trinajstić information content (AvgIpc) is 2.73. The number of rotatable bonds is 2. The fourth-order valence-electron chi connectivity index (χ4n) is 0.953. The first-order valence-corrected chi connectivity index (χ1v) is 4.48. The summed E-state index contributed by atoms with van der Waals surface area (Å²) in [5.74, 6) is -0.808. The standard InChI is InChI=1S/C6H7NO2.C5H5N/c8-6(9)4-5-2-1-3-7-5;1-2-4-6-5-3-1/h1-3,7H,4H2,(H,8,9);1-5H. The summed E-state index contributed by atoms with van der Waals surface area (Å²) in [5, 5.41) is 8.27. The van der Waals surface area contributed by atoms with Crippen LogP contribution in [0.1, 0.15) is 5.69 Å². The fraction of sp³-hybridized carbons (Fsp3) is 0.0909. The van der Waals surface area contributed by atoms with Gasteiger partial charge in [0.1, 0.15) is 0 Å². The van der Waals surface area contributed by atoms with E-state index in [4.69, 9.17) is 5.11 Å². The molecule has 4 heteroatoms. The summed E-state index contributed by atoms with van der Waals surface area (Å²) in [6, 6.07) is 9.24. The number of nitrogens with zero attached hydrogens (tertiary/aromatic N) is 1. The van der Waals surface area contributed by atoms with Gasteiger partial charge in [0.15, 0.2) is 0 Å². The van der Waals surface area contributed by atoms with Gasteiger partial charge in [-0.2, -0.15) is 0 Å². The molecule has 0 aromatic carbocycles. The van der Waals surface area contributed by atoms with Crippen molar-refractivity contribution in [1.29, 1.82) is 0 Å². The number of nitrogens with one attached hydrogen (secondary N) is 1. The summed E-state index contributed by atoms with van der Waals surface area (Å²) in [4.78, 5) is 16.6. The second-order valence-electron chi connectivity index (χ2n) is 2.79. The molecule has 0 bridgehead atoms. The number of carboxylic acids is 1. The lowest BCUT2D eigenvalue weighted by Crippen LogP contribution is -1.99. The number of H-pyrrole nitrogens is 1. The van der Waals surface area contributed by atoms with Crippen LogP contribution < -0.4 is 0 Å². The Bertz CT molecular complexity index is 344. The van der Waals surface area contributed by atoms with Gasteiger partial charge in [-0.15, -0.1) is 0 Å². The Labute approximate surface area is 87.6 Å². The fourth-order valence-corrected chi connectivity index (χ4v) is 0.953. The maximum Gasteiger partial charge on any atom is 0.309 e. The average molecular weight is 204 g/mol. The number of hydrogen-bond acceptors (Lipinski definition) is 2. The number of carbonyl (C=O) groups is 1. The van der Waals surface area contributed by atoms with Crippen molar-refractivity contribution < 1.29 is 9.90 Å². The van der Waals surface area contributed by atoms with Gasteiger partial charge in [-0.1, -0.05) is 6.07 Å². The van der Waals surface area contributed by atoms with Crippen LogP contribution in [0.3, 0.4) is 0 Å². The number of carboxylic acid groups (broad SMARTS) is 1. The van der Waals surface area contributed by atoms with Crippen LogP contribution in [0.25, 0.3) is 0 Å². The Morgan fingerprint density at radius 2 is 2.00 bits per heavy atom. The summed E-state index contributed by atoms with van der Waals surface area (Å²) in [6.45, 7) is 0. The molecule has 0 atom stereocenters. The highest BCUT2D eigenvalue weighted by molar-refractivity contribution is 5.69. The van der Waals surface area contributed by atoms with Crippen molar-refractivity contribution in [2.45, 2.75) is 6.42 Å². The van der Waals surface area contributed by atoms with Crippen molar-refractivity contribution in [3.8, 4) is 0 Å². The molecule has 0 aliphatic rings. The van der Waals surface area contributed by atoms with E-state index in [-0.39, 0.29) is 6.42 Å². The van der Waals surface area contributed by atoms with Gasteiger partial charge in [-0.25, -0.2) is 0 Å². The van der Waals surface area contributed by atoms with Crippen molar-refractivity contribution in [3.05, 3.63) is 54.6 Å². The summed E-state index contributed by atoms with van der Waals surface area (Å²) < 4.78 is 0. The molecule has 0 aliphatic carbocycles. The van der Waals surface area contributed by atoms with E-state index in [1.807, 2.05) is 18.2 Å². The zero-order valence-electron chi connectivity index (χ0n) is 8.13. The minimum atomic E-state index is -0.808. The molecule has 2 aromatic rings. The van der Waals surface area contributed by atoms with Crippen LogP contribution in [0.4, 0.5) is 0 Å². The van der Waals surface area contributed by atoms with Crippen LogP contribution >= 0.6 is 0 Å². The SMILES string of the molecule is O=C(O)Cc1ccc[nH]1.c1ccncc1. The molecule has 2 rings (SSSR count). The first-order chi connectivity index (χ1) is 7.29. The van der Waals surface area contributed by atoms with Crippen molar-refractivity contribution in [1.82, 2.24) is 9.97 Å². The van der Waals surface area contributed by atoms with E-state index in [2.05, 4.69) is 9.97 Å². The third-order valence-corrected chi connectivity index (χ3v) is 1.57. The zero-order chi connectivity index (χ0) is 10.9. The molecule has 0 saturated heterocycles. The smallest absolute Gasteiger partial charge is 0.309 e. The van der Waals surface area contributed by atoms with E-state index in [1.54, 1.807) is 30.7 Å². The highest BCUT2D eigenvalue weighted by Crippen LogP contribution is 1.94. The van der Waals surface area contributed by atoms with Gasteiger partial charge in [0.2, 0.25) is 0 Å². The molecule has 0 spiro atoms. The Morgan fingerprint density at radius 3 is 2.33 bits per heavy atom. The minimum absolute atomic E-state index is 0.0764. The Balaban J connectivity index is 0.000000162. The third-order valence-electron chi connectivity index (χ3n) is 1.57. The first kappa shape index (κ1) is 11.0. The van der Waals surface area contributed by atoms with Gasteiger partial charge in [-0.3, -0.25) is 9.78 Å². The normalized spacial score (nSPS) is 8.80. The van der Waals surface area contributed by atoms with Crippen LogP contribution in [0, 0.1) is 0 Å². The molecule has 0 unspecified atom stereocenters. The molecule has 0 fully saturated rings. The molecule has 78 valence electrons. The van der Waals surface area contributed by atoms with E-state index in [1.165, 1.54) is 0 Å². The van der Waals surface area contributed by atoms with Crippen molar-refractivity contribution >= 4 is 5.97 Å². The van der Waals surface area contributed by atoms with Crippen LogP contribution in [0.2, 0.25) is 0 Å². The quantitative estimate of drug-likeness (QED) is 0.782. The predicted molar refractivity (Wildman–Crippen MR) is 56.4 cm³/mol. The molecular formula is C11H12N2O2. The Hall–Kier alpha value is -2.10. The third kappa shape index (κ3) is 5.25. The molecule has 0 amide bonds. The van der Waals surface area contributed by atoms with Crippen molar-refractivity contribution in [2.24, 2.45) is 0 Å². The van der Waals surface area contributed by atoms with E-state index >= 15 is 0 Å². The molecule has 15 heavy (non-hydrogen) atoms. The lowest BCUT2D eigenvalue weighted by atomic mass is 10.3. The summed E-state index contributed by atoms with van der Waals surface area (Å²) >= 11 is 0. The number of aliphatic carboxylic acids is 1. The van der Waals surface area contributed by atoms with Gasteiger partial charge in [0.05, 0.1) is 6.42 Å². The minimum Gasteiger partial charge on any atom is -0.481 e. The lowest BCUT2D eigenvalue weighted by molar-refractivity contribution is -0.136. The number of pyridine rings is 1. The monoisotopic (exact) mass is 204 g/mol. The van der Waals surface area contributed by atoms with Gasteiger partial charge >= 0.3 is 5.97 Å². The number of aromatic amines is 1. The highest BCUT2D eigenvalue weighted by Gasteiger charge is 1.97. The van der Waals surface area contributed by atoms with Crippen LogP contribution in [-0.4, -0.2) is 21.0 Å². The summed E-state index contributed by atoms with van der Waals surface area (Å²) in [5.41, 5.74) is 0.738. The predicted octanol–water partition coefficient (Wildman–Crippen LogP) is 1.72. The molecule has 4 nitrogen and oxygen atoms in total. The summed E-state index contributed by atoms with van der Waals surface area (Å²) in [7, 11) is 0. The van der Waals surface area contributed by atoms with Gasteiger partial charge < -0.3 is 10.1 Å². The van der Waals surface area contributed by atoms with Crippen LogP contribution in [0.5, 0.6) is 0 Å². The molecule has 2 N–H and O–H groups in total. The van der Waals surface area contributed by atoms with Gasteiger partial charge in [0, 0.05) is 24.3 Å². The highest BCUT2D eigenvalue weighted by atomic mass is 16.4. The topological polar surface area (TPSA) is 66.0 Å². The number of hydrogen-bond donors (Lipinski definition) is 2. The maximum atomic E-state index is 10.0. The number of aromatic nitrogens is 2. The van der Waals surface area contributed by atoms with E-state index in [0.29, 0.717) is 0 Å². The van der Waals surface area contributed by atoms with Crippen molar-refractivity contribution in [2.75, 3.05) is 0 Å². The van der Waals surface area contributed by atoms with E-state index in [9.17, 15) is 4.79 Å². The molecule has 2 heterocycles. The first-order valence-electron chi connectivity index (χ1n) is 4.48. The van der Waals surface area contributed by atoms with Gasteiger partial charge in [0.25, 0.3) is 0 Å². The molecule has 0 aliphatic heterocycles. The zero-order valence-corrected chi connectivity index (χ0v) is 8.13. The molecular weight excluding hydrogens is 192 g/mol. The van der Waals surface area contributed by atoms with Crippen LogP contribution in [-0.2, 0) is 11.2 Å². The van der Waals surface area contributed by atoms with E-state index in [0.717, 1.165) is 5.69 Å². The maximum absolute atomic E-state index is 10.0. The van der Waals surface area contributed by atoms with Gasteiger partial charge in [-0.05, 0) is 24.3 Å². The second-order valence-corrected chi connectivity index (χ2v) is 2.79. The molecule has 0 saturated carbocycles. The second kappa shape index (κ2) is 6.37. The van der Waals surface area contributed by atoms with Crippen molar-refractivity contribution in [3.63, 3.8) is 0 Å². The van der Waals surface area contributed by atoms with Crippen LogP contribution in [0.15, 0.2) is 48.9 Å². The summed E-state index contributed by atoms with van der Waals surface area (Å²) in [6.07, 6.45) is 5.28. The van der Waals surface area contributed by atoms with E-state index < -0.39 is 5.97 Å². The lowest BCUT2D eigenvalue weighted by Gasteiger charge is -1.86. The molecule has 0 radical (unpaired) electrons.